The fraction of sp³-hybridized carbons (Fsp3) is 0. The molecule has 0 spiro atoms. The van der Waals surface area contributed by atoms with Crippen LogP contribution in [0.5, 0.6) is 0 Å². The molecule has 0 atom stereocenters. The van der Waals surface area contributed by atoms with E-state index in [1.165, 1.54) is 0 Å². The number of oxazole rings is 1. The summed E-state index contributed by atoms with van der Waals surface area (Å²) in [4.78, 5) is 16.1. The molecular weight excluding hydrogens is 278 g/mol. The summed E-state index contributed by atoms with van der Waals surface area (Å²) in [6.45, 7) is 0. The molecule has 5 nitrogen and oxygen atoms in total. The van der Waals surface area contributed by atoms with Crippen molar-refractivity contribution in [1.29, 1.82) is 0 Å². The van der Waals surface area contributed by atoms with Crippen LogP contribution in [-0.4, -0.2) is 10.9 Å². The minimum absolute atomic E-state index is 0.129. The molecule has 2 aromatic carbocycles. The Hall–Kier alpha value is -2.53. The van der Waals surface area contributed by atoms with Crippen molar-refractivity contribution in [3.05, 3.63) is 53.1 Å². The lowest BCUT2D eigenvalue weighted by Gasteiger charge is -2.00. The van der Waals surface area contributed by atoms with Gasteiger partial charge >= 0.3 is 6.01 Å². The molecule has 0 aliphatic carbocycles. The zero-order chi connectivity index (χ0) is 14.1. The number of fused-ring (bicyclic) bond motifs is 1. The molecule has 0 aliphatic rings. The molecule has 0 radical (unpaired) electrons. The molecule has 20 heavy (non-hydrogen) atoms. The highest BCUT2D eigenvalue weighted by atomic mass is 35.5. The molecule has 100 valence electrons. The standard InChI is InChI=1S/C14H10ClN3O2/c15-9-3-6-12-11(7-9)17-14(20-12)18-13(19)8-1-4-10(16)5-2-8/h1-7H,16H2,(H,17,18,19). The molecule has 0 saturated heterocycles. The van der Waals surface area contributed by atoms with Crippen LogP contribution >= 0.6 is 11.6 Å². The summed E-state index contributed by atoms with van der Waals surface area (Å²) < 4.78 is 5.41. The molecule has 1 heterocycles. The maximum Gasteiger partial charge on any atom is 0.302 e. The average Bonchev–Trinajstić information content (AvgIpc) is 2.80. The summed E-state index contributed by atoms with van der Waals surface area (Å²) in [6.07, 6.45) is 0. The maximum atomic E-state index is 12.0. The number of halogens is 1. The lowest BCUT2D eigenvalue weighted by molar-refractivity contribution is 0.102. The monoisotopic (exact) mass is 287 g/mol. The number of hydrogen-bond donors (Lipinski definition) is 2. The van der Waals surface area contributed by atoms with E-state index in [2.05, 4.69) is 10.3 Å². The van der Waals surface area contributed by atoms with Gasteiger partial charge in [0, 0.05) is 16.3 Å². The molecule has 3 N–H and O–H groups in total. The summed E-state index contributed by atoms with van der Waals surface area (Å²) in [5, 5.41) is 3.14. The fourth-order valence-corrected chi connectivity index (χ4v) is 1.92. The van der Waals surface area contributed by atoms with Gasteiger partial charge in [0.25, 0.3) is 5.91 Å². The van der Waals surface area contributed by atoms with E-state index < -0.39 is 0 Å². The van der Waals surface area contributed by atoms with Gasteiger partial charge in [-0.3, -0.25) is 10.1 Å². The fourth-order valence-electron chi connectivity index (χ4n) is 1.76. The predicted octanol–water partition coefficient (Wildman–Crippen LogP) is 3.32. The van der Waals surface area contributed by atoms with Crippen LogP contribution < -0.4 is 11.1 Å². The Morgan fingerprint density at radius 3 is 2.70 bits per heavy atom. The Balaban J connectivity index is 1.85. The molecule has 0 unspecified atom stereocenters. The molecule has 0 aliphatic heterocycles. The lowest BCUT2D eigenvalue weighted by atomic mass is 10.2. The zero-order valence-corrected chi connectivity index (χ0v) is 11.0. The topological polar surface area (TPSA) is 81.2 Å². The summed E-state index contributed by atoms with van der Waals surface area (Å²) in [6, 6.07) is 11.8. The van der Waals surface area contributed by atoms with E-state index in [0.29, 0.717) is 27.4 Å². The quantitative estimate of drug-likeness (QED) is 0.709. The minimum atomic E-state index is -0.317. The number of rotatable bonds is 2. The van der Waals surface area contributed by atoms with Crippen molar-refractivity contribution in [1.82, 2.24) is 4.98 Å². The molecule has 6 heteroatoms. The Kier molecular flexibility index (Phi) is 3.04. The van der Waals surface area contributed by atoms with E-state index in [-0.39, 0.29) is 11.9 Å². The van der Waals surface area contributed by atoms with Gasteiger partial charge in [0.2, 0.25) is 0 Å². The van der Waals surface area contributed by atoms with Crippen molar-refractivity contribution >= 4 is 40.3 Å². The van der Waals surface area contributed by atoms with Crippen LogP contribution in [0.2, 0.25) is 5.02 Å². The van der Waals surface area contributed by atoms with Crippen LogP contribution in [0.4, 0.5) is 11.7 Å². The van der Waals surface area contributed by atoms with Gasteiger partial charge in [-0.15, -0.1) is 0 Å². The number of nitrogens with zero attached hydrogens (tertiary/aromatic N) is 1. The van der Waals surface area contributed by atoms with E-state index in [4.69, 9.17) is 21.8 Å². The highest BCUT2D eigenvalue weighted by Crippen LogP contribution is 2.22. The third-order valence-corrected chi connectivity index (χ3v) is 2.98. The van der Waals surface area contributed by atoms with Crippen molar-refractivity contribution in [2.75, 3.05) is 11.1 Å². The molecule has 0 fully saturated rings. The molecule has 0 saturated carbocycles. The Morgan fingerprint density at radius 1 is 1.20 bits per heavy atom. The van der Waals surface area contributed by atoms with Crippen molar-refractivity contribution in [3.8, 4) is 0 Å². The summed E-state index contributed by atoms with van der Waals surface area (Å²) in [5.41, 5.74) is 7.78. The third kappa shape index (κ3) is 2.44. The van der Waals surface area contributed by atoms with E-state index in [0.717, 1.165) is 0 Å². The largest absolute Gasteiger partial charge is 0.423 e. The second-order valence-electron chi connectivity index (χ2n) is 4.21. The number of aromatic nitrogens is 1. The van der Waals surface area contributed by atoms with Crippen molar-refractivity contribution in [3.63, 3.8) is 0 Å². The van der Waals surface area contributed by atoms with Crippen molar-refractivity contribution < 1.29 is 9.21 Å². The Labute approximate surface area is 119 Å². The van der Waals surface area contributed by atoms with Gasteiger partial charge < -0.3 is 10.2 Å². The van der Waals surface area contributed by atoms with Crippen LogP contribution in [0.15, 0.2) is 46.9 Å². The first-order valence-corrected chi connectivity index (χ1v) is 6.22. The Bertz CT molecular complexity index is 781. The van der Waals surface area contributed by atoms with E-state index in [9.17, 15) is 4.79 Å². The number of carbonyl (C=O) groups excluding carboxylic acids is 1. The van der Waals surface area contributed by atoms with Gasteiger partial charge in [0.15, 0.2) is 5.58 Å². The van der Waals surface area contributed by atoms with Crippen LogP contribution in [0.25, 0.3) is 11.1 Å². The minimum Gasteiger partial charge on any atom is -0.423 e. The van der Waals surface area contributed by atoms with E-state index in [1.807, 2.05) is 0 Å². The van der Waals surface area contributed by atoms with Gasteiger partial charge in [-0.2, -0.15) is 4.98 Å². The maximum absolute atomic E-state index is 12.0. The molecule has 3 aromatic rings. The first kappa shape index (κ1) is 12.5. The number of nitrogens with two attached hydrogens (primary N) is 1. The molecular formula is C14H10ClN3O2. The first-order valence-electron chi connectivity index (χ1n) is 5.85. The normalized spacial score (nSPS) is 10.7. The number of amides is 1. The van der Waals surface area contributed by atoms with Crippen molar-refractivity contribution in [2.24, 2.45) is 0 Å². The number of anilines is 2. The van der Waals surface area contributed by atoms with E-state index in [1.54, 1.807) is 42.5 Å². The molecule has 1 amide bonds. The summed E-state index contributed by atoms with van der Waals surface area (Å²) in [5.74, 6) is -0.317. The number of hydrogen-bond acceptors (Lipinski definition) is 4. The third-order valence-electron chi connectivity index (χ3n) is 2.74. The van der Waals surface area contributed by atoms with Gasteiger partial charge in [-0.25, -0.2) is 0 Å². The Morgan fingerprint density at radius 2 is 1.95 bits per heavy atom. The van der Waals surface area contributed by atoms with Crippen LogP contribution in [-0.2, 0) is 0 Å². The van der Waals surface area contributed by atoms with Crippen LogP contribution in [0, 0.1) is 0 Å². The van der Waals surface area contributed by atoms with Gasteiger partial charge in [-0.05, 0) is 42.5 Å². The predicted molar refractivity (Wildman–Crippen MR) is 77.8 cm³/mol. The van der Waals surface area contributed by atoms with Gasteiger partial charge in [-0.1, -0.05) is 11.6 Å². The number of carbonyl (C=O) groups is 1. The first-order chi connectivity index (χ1) is 9.61. The van der Waals surface area contributed by atoms with E-state index >= 15 is 0 Å². The van der Waals surface area contributed by atoms with Gasteiger partial charge in [0.1, 0.15) is 5.52 Å². The molecule has 3 rings (SSSR count). The second-order valence-corrected chi connectivity index (χ2v) is 4.64. The number of nitrogen functional groups attached to an aromatic ring is 1. The summed E-state index contributed by atoms with van der Waals surface area (Å²) >= 11 is 5.86. The lowest BCUT2D eigenvalue weighted by Crippen LogP contribution is -2.11. The highest BCUT2D eigenvalue weighted by molar-refractivity contribution is 6.31. The van der Waals surface area contributed by atoms with Crippen molar-refractivity contribution in [2.45, 2.75) is 0 Å². The number of nitrogens with one attached hydrogen (secondary N) is 1. The number of benzene rings is 2. The van der Waals surface area contributed by atoms with Crippen LogP contribution in [0.3, 0.4) is 0 Å². The average molecular weight is 288 g/mol. The zero-order valence-electron chi connectivity index (χ0n) is 10.3. The van der Waals surface area contributed by atoms with Crippen LogP contribution in [0.1, 0.15) is 10.4 Å². The highest BCUT2D eigenvalue weighted by Gasteiger charge is 2.11. The molecule has 1 aromatic heterocycles. The van der Waals surface area contributed by atoms with Gasteiger partial charge in [0.05, 0.1) is 0 Å². The summed E-state index contributed by atoms with van der Waals surface area (Å²) in [7, 11) is 0. The smallest absolute Gasteiger partial charge is 0.302 e. The molecule has 0 bridgehead atoms. The SMILES string of the molecule is Nc1ccc(C(=O)Nc2nc3cc(Cl)ccc3o2)cc1. The second kappa shape index (κ2) is 4.86.